The second-order valence-electron chi connectivity index (χ2n) is 9.86. The van der Waals surface area contributed by atoms with E-state index in [1.807, 2.05) is 13.0 Å². The second-order valence-corrected chi connectivity index (χ2v) is 12.0. The van der Waals surface area contributed by atoms with Crippen molar-refractivity contribution < 1.29 is 16.9 Å². The molecule has 37 heavy (non-hydrogen) atoms. The average Bonchev–Trinajstić information content (AvgIpc) is 3.27. The molecule has 9 nitrogen and oxygen atoms in total. The van der Waals surface area contributed by atoms with E-state index in [0.29, 0.717) is 22.9 Å². The molecule has 0 unspecified atom stereocenters. The van der Waals surface area contributed by atoms with Crippen LogP contribution in [0.4, 0.5) is 21.7 Å². The summed E-state index contributed by atoms with van der Waals surface area (Å²) in [5.74, 6) is 0.349. The Balaban J connectivity index is 1.46. The molecular formula is C26H30FN7O2S. The number of sulfone groups is 1. The van der Waals surface area contributed by atoms with Crippen molar-refractivity contribution in [2.24, 2.45) is 12.9 Å². The number of aromatic nitrogens is 5. The van der Waals surface area contributed by atoms with Gasteiger partial charge in [-0.1, -0.05) is 19.9 Å². The zero-order chi connectivity index (χ0) is 29.0. The maximum absolute atomic E-state index is 14.4. The van der Waals surface area contributed by atoms with Crippen LogP contribution in [0.1, 0.15) is 36.4 Å². The van der Waals surface area contributed by atoms with Gasteiger partial charge in [-0.15, -0.1) is 5.10 Å². The third-order valence-corrected chi connectivity index (χ3v) is 7.82. The highest BCUT2D eigenvalue weighted by Gasteiger charge is 2.38. The lowest BCUT2D eigenvalue weighted by atomic mass is 9.88. The molecule has 0 spiro atoms. The van der Waals surface area contributed by atoms with Gasteiger partial charge in [0.1, 0.15) is 21.5 Å². The van der Waals surface area contributed by atoms with Gasteiger partial charge in [0.2, 0.25) is 5.95 Å². The van der Waals surface area contributed by atoms with Crippen LogP contribution in [0.25, 0.3) is 22.2 Å². The molecule has 1 aliphatic heterocycles. The molecule has 4 heterocycles. The number of anilines is 3. The minimum atomic E-state index is -3.06. The summed E-state index contributed by atoms with van der Waals surface area (Å²) in [7, 11) is -3.06. The molecule has 1 fully saturated rings. The van der Waals surface area contributed by atoms with Gasteiger partial charge in [0.05, 0.1) is 11.3 Å². The third-order valence-electron chi connectivity index (χ3n) is 6.79. The molecular weight excluding hydrogens is 493 g/mol. The monoisotopic (exact) mass is 526 g/mol. The molecule has 0 amide bonds. The van der Waals surface area contributed by atoms with Gasteiger partial charge < -0.3 is 10.2 Å². The average molecular weight is 527 g/mol. The van der Waals surface area contributed by atoms with Crippen LogP contribution in [-0.4, -0.2) is 57.7 Å². The summed E-state index contributed by atoms with van der Waals surface area (Å²) in [6.45, 7) is 4.30. The number of nitrogens with zero attached hydrogens (tertiary/aromatic N) is 6. The van der Waals surface area contributed by atoms with E-state index in [1.54, 1.807) is 12.3 Å². The lowest BCUT2D eigenvalue weighted by Crippen LogP contribution is -2.57. The summed E-state index contributed by atoms with van der Waals surface area (Å²) < 4.78 is 60.9. The molecule has 1 saturated heterocycles. The van der Waals surface area contributed by atoms with E-state index in [-0.39, 0.29) is 35.0 Å². The highest BCUT2D eigenvalue weighted by molar-refractivity contribution is 7.90. The number of halogens is 1. The lowest BCUT2D eigenvalue weighted by molar-refractivity contribution is 0.342. The number of pyridine rings is 1. The number of aryl methyl sites for hydroxylation is 1. The molecule has 1 aliphatic rings. The Morgan fingerprint density at radius 2 is 2.03 bits per heavy atom. The predicted molar refractivity (Wildman–Crippen MR) is 143 cm³/mol. The van der Waals surface area contributed by atoms with Crippen molar-refractivity contribution in [3.05, 3.63) is 54.4 Å². The van der Waals surface area contributed by atoms with E-state index in [2.05, 4.69) is 56.2 Å². The molecule has 194 valence electrons. The molecule has 0 saturated carbocycles. The summed E-state index contributed by atoms with van der Waals surface area (Å²) in [5.41, 5.74) is 2.00. The molecule has 2 atom stereocenters. The van der Waals surface area contributed by atoms with E-state index >= 15 is 0 Å². The standard InChI is InChI=1S/C26H30FN7O2S/c1-15(2)18-6-7-22(34-12-17(16(34)3)14-37(5,35)36)20-11-29-24(10-19(18)20)30-23-8-9-28-26(31-23)21-13-33(4)32-25(21)27/h6-11,13,15-17H,12,14H2,1-5H3,(H,28,29,30,31)/t16-,17-/m1/s1/i4D3. The summed E-state index contributed by atoms with van der Waals surface area (Å²) in [4.78, 5) is 15.3. The topological polar surface area (TPSA) is 106 Å². The van der Waals surface area contributed by atoms with Crippen LogP contribution in [0, 0.1) is 11.9 Å². The van der Waals surface area contributed by atoms with Crippen LogP contribution < -0.4 is 10.2 Å². The highest BCUT2D eigenvalue weighted by atomic mass is 32.2. The first-order chi connectivity index (χ1) is 18.7. The largest absolute Gasteiger partial charge is 0.368 e. The lowest BCUT2D eigenvalue weighted by Gasteiger charge is -2.48. The van der Waals surface area contributed by atoms with Gasteiger partial charge in [0.25, 0.3) is 0 Å². The molecule has 11 heteroatoms. The fraction of sp³-hybridized carbons (Fsp3) is 0.385. The van der Waals surface area contributed by atoms with E-state index in [0.717, 1.165) is 28.2 Å². The number of rotatable bonds is 7. The van der Waals surface area contributed by atoms with E-state index in [4.69, 9.17) is 4.11 Å². The molecule has 0 aliphatic carbocycles. The van der Waals surface area contributed by atoms with Crippen LogP contribution >= 0.6 is 0 Å². The third kappa shape index (κ3) is 5.00. The molecule has 3 aromatic heterocycles. The van der Waals surface area contributed by atoms with Crippen LogP contribution in [0.3, 0.4) is 0 Å². The predicted octanol–water partition coefficient (Wildman–Crippen LogP) is 4.30. The Morgan fingerprint density at radius 1 is 1.22 bits per heavy atom. The first-order valence-corrected chi connectivity index (χ1v) is 14.0. The minimum absolute atomic E-state index is 0.0145. The quantitative estimate of drug-likeness (QED) is 0.380. The molecule has 4 aromatic rings. The van der Waals surface area contributed by atoms with Crippen molar-refractivity contribution in [3.8, 4) is 11.4 Å². The number of hydrogen-bond acceptors (Lipinski definition) is 8. The molecule has 1 aromatic carbocycles. The zero-order valence-electron chi connectivity index (χ0n) is 24.0. The molecule has 0 bridgehead atoms. The van der Waals surface area contributed by atoms with E-state index in [1.165, 1.54) is 12.5 Å². The first kappa shape index (κ1) is 21.5. The van der Waals surface area contributed by atoms with Crippen molar-refractivity contribution in [2.75, 3.05) is 28.8 Å². The summed E-state index contributed by atoms with van der Waals surface area (Å²) >= 11 is 0. The Morgan fingerprint density at radius 3 is 2.70 bits per heavy atom. The summed E-state index contributed by atoms with van der Waals surface area (Å²) in [6, 6.07) is 7.78. The van der Waals surface area contributed by atoms with Crippen molar-refractivity contribution in [1.29, 1.82) is 0 Å². The van der Waals surface area contributed by atoms with Gasteiger partial charge in [-0.3, -0.25) is 4.68 Å². The van der Waals surface area contributed by atoms with Crippen molar-refractivity contribution in [1.82, 2.24) is 24.7 Å². The molecule has 1 N–H and O–H groups in total. The highest BCUT2D eigenvalue weighted by Crippen LogP contribution is 2.39. The first-order valence-electron chi connectivity index (χ1n) is 13.4. The Labute approximate surface area is 219 Å². The number of nitrogens with one attached hydrogen (secondary N) is 1. The van der Waals surface area contributed by atoms with E-state index in [9.17, 15) is 12.8 Å². The van der Waals surface area contributed by atoms with Crippen LogP contribution in [0.5, 0.6) is 0 Å². The van der Waals surface area contributed by atoms with Gasteiger partial charge in [-0.05, 0) is 42.0 Å². The molecule has 0 radical (unpaired) electrons. The van der Waals surface area contributed by atoms with Gasteiger partial charge >= 0.3 is 0 Å². The number of hydrogen-bond donors (Lipinski definition) is 1. The normalized spacial score (nSPS) is 19.4. The van der Waals surface area contributed by atoms with Gasteiger partial charge in [0.15, 0.2) is 5.82 Å². The van der Waals surface area contributed by atoms with Crippen molar-refractivity contribution in [2.45, 2.75) is 32.7 Å². The van der Waals surface area contributed by atoms with Crippen molar-refractivity contribution >= 4 is 37.9 Å². The van der Waals surface area contributed by atoms with Gasteiger partial charge in [0, 0.05) is 65.5 Å². The Bertz CT molecular complexity index is 1690. The summed E-state index contributed by atoms with van der Waals surface area (Å²) in [5, 5.41) is 8.54. The van der Waals surface area contributed by atoms with Crippen LogP contribution in [-0.2, 0) is 16.8 Å². The molecule has 5 rings (SSSR count). The summed E-state index contributed by atoms with van der Waals surface area (Å²) in [6.07, 6.45) is 5.56. The van der Waals surface area contributed by atoms with Gasteiger partial charge in [-0.25, -0.2) is 23.4 Å². The fourth-order valence-electron chi connectivity index (χ4n) is 4.85. The second kappa shape index (κ2) is 9.37. The smallest absolute Gasteiger partial charge is 0.243 e. The van der Waals surface area contributed by atoms with Crippen LogP contribution in [0.15, 0.2) is 42.9 Å². The Hall–Kier alpha value is -3.60. The van der Waals surface area contributed by atoms with Crippen molar-refractivity contribution in [3.63, 3.8) is 0 Å². The van der Waals surface area contributed by atoms with E-state index < -0.39 is 22.8 Å². The maximum Gasteiger partial charge on any atom is 0.243 e. The van der Waals surface area contributed by atoms with Crippen LogP contribution in [0.2, 0.25) is 0 Å². The Kier molecular flexibility index (Phi) is 5.44. The number of fused-ring (bicyclic) bond motifs is 1. The van der Waals surface area contributed by atoms with Gasteiger partial charge in [-0.2, -0.15) is 4.39 Å². The SMILES string of the molecule is [2H]C([2H])([2H])n1cc(-c2nccc(Nc3cc4c(C(C)C)ccc(N5C[C@H](CS(C)(=O)=O)[C@H]5C)c4cn3)n2)c(F)n1. The fourth-order valence-corrected chi connectivity index (χ4v) is 6.01. The minimum Gasteiger partial charge on any atom is -0.368 e. The number of benzene rings is 1. The zero-order valence-corrected chi connectivity index (χ0v) is 21.8. The maximum atomic E-state index is 14.4.